The number of sulfonamides is 1. The summed E-state index contributed by atoms with van der Waals surface area (Å²) in [6, 6.07) is 4.83. The Morgan fingerprint density at radius 3 is 2.55 bits per heavy atom. The lowest BCUT2D eigenvalue weighted by molar-refractivity contribution is 0.602. The highest BCUT2D eigenvalue weighted by Crippen LogP contribution is 2.23. The molecule has 3 aromatic rings. The topological polar surface area (TPSA) is 101 Å². The van der Waals surface area contributed by atoms with Crippen molar-refractivity contribution in [2.45, 2.75) is 4.90 Å². The fourth-order valence-corrected chi connectivity index (χ4v) is 3.61. The lowest BCUT2D eigenvalue weighted by atomic mass is 10.3. The largest absolute Gasteiger partial charge is 0.347 e. The van der Waals surface area contributed by atoms with E-state index < -0.39 is 10.0 Å². The molecule has 1 aromatic carbocycles. The van der Waals surface area contributed by atoms with Crippen LogP contribution in [0, 0.1) is 0 Å². The number of fused-ring (bicyclic) bond motifs is 1. The average Bonchev–Trinajstić information content (AvgIpc) is 2.95. The first kappa shape index (κ1) is 14.6. The standard InChI is InChI=1S/C12H12N6O2S2/c1-18(2)12-13-6-8(7-14-12)17-22(19,20)10-5-3-4-9-11(10)16-21-15-9/h3-7,17H,1-2H3. The number of anilines is 2. The monoisotopic (exact) mass is 336 g/mol. The molecule has 0 aliphatic carbocycles. The van der Waals surface area contributed by atoms with Gasteiger partial charge in [-0.1, -0.05) is 6.07 Å². The second-order valence-corrected chi connectivity index (χ2v) is 6.84. The molecule has 8 nitrogen and oxygen atoms in total. The van der Waals surface area contributed by atoms with Crippen LogP contribution in [-0.4, -0.2) is 41.2 Å². The van der Waals surface area contributed by atoms with Gasteiger partial charge in [0.05, 0.1) is 29.8 Å². The molecule has 0 spiro atoms. The maximum atomic E-state index is 12.5. The van der Waals surface area contributed by atoms with Crippen molar-refractivity contribution in [3.8, 4) is 0 Å². The first-order valence-corrected chi connectivity index (χ1v) is 8.42. The summed E-state index contributed by atoms with van der Waals surface area (Å²) in [7, 11) is -0.181. The van der Waals surface area contributed by atoms with Gasteiger partial charge in [0.1, 0.15) is 15.9 Å². The highest BCUT2D eigenvalue weighted by molar-refractivity contribution is 7.93. The highest BCUT2D eigenvalue weighted by atomic mass is 32.2. The molecule has 114 valence electrons. The first-order valence-electron chi connectivity index (χ1n) is 6.21. The van der Waals surface area contributed by atoms with Gasteiger partial charge in [0.15, 0.2) is 0 Å². The predicted molar refractivity (Wildman–Crippen MR) is 84.6 cm³/mol. The molecule has 0 unspecified atom stereocenters. The molecule has 0 bridgehead atoms. The lowest BCUT2D eigenvalue weighted by Crippen LogP contribution is -2.16. The molecular weight excluding hydrogens is 324 g/mol. The van der Waals surface area contributed by atoms with Crippen molar-refractivity contribution in [3.63, 3.8) is 0 Å². The Hall–Kier alpha value is -2.33. The Labute approximate surface area is 131 Å². The van der Waals surface area contributed by atoms with Crippen LogP contribution in [-0.2, 0) is 10.0 Å². The van der Waals surface area contributed by atoms with E-state index in [-0.39, 0.29) is 10.6 Å². The van der Waals surface area contributed by atoms with Crippen LogP contribution in [0.3, 0.4) is 0 Å². The fourth-order valence-electron chi connectivity index (χ4n) is 1.81. The van der Waals surface area contributed by atoms with Crippen molar-refractivity contribution in [1.82, 2.24) is 18.7 Å². The molecule has 0 fully saturated rings. The summed E-state index contributed by atoms with van der Waals surface area (Å²) in [5, 5.41) is 0. The number of rotatable bonds is 4. The summed E-state index contributed by atoms with van der Waals surface area (Å²) in [5.74, 6) is 0.494. The van der Waals surface area contributed by atoms with E-state index in [1.807, 2.05) is 0 Å². The summed E-state index contributed by atoms with van der Waals surface area (Å²) in [6.45, 7) is 0. The van der Waals surface area contributed by atoms with Gasteiger partial charge in [0.25, 0.3) is 10.0 Å². The van der Waals surface area contributed by atoms with Crippen LogP contribution in [0.15, 0.2) is 35.5 Å². The van der Waals surface area contributed by atoms with Gasteiger partial charge in [-0.3, -0.25) is 4.72 Å². The van der Waals surface area contributed by atoms with Crippen LogP contribution in [0.25, 0.3) is 11.0 Å². The zero-order valence-electron chi connectivity index (χ0n) is 11.8. The third kappa shape index (κ3) is 2.70. The molecule has 1 N–H and O–H groups in total. The first-order chi connectivity index (χ1) is 10.5. The minimum absolute atomic E-state index is 0.0791. The normalized spacial score (nSPS) is 11.5. The van der Waals surface area contributed by atoms with Crippen molar-refractivity contribution >= 4 is 44.4 Å². The summed E-state index contributed by atoms with van der Waals surface area (Å²) in [4.78, 5) is 9.94. The minimum Gasteiger partial charge on any atom is -0.347 e. The van der Waals surface area contributed by atoms with Crippen molar-refractivity contribution in [1.29, 1.82) is 0 Å². The van der Waals surface area contributed by atoms with E-state index in [0.29, 0.717) is 17.0 Å². The third-order valence-electron chi connectivity index (χ3n) is 2.83. The smallest absolute Gasteiger partial charge is 0.264 e. The molecule has 0 atom stereocenters. The number of hydrogen-bond donors (Lipinski definition) is 1. The third-order valence-corrected chi connectivity index (χ3v) is 4.78. The van der Waals surface area contributed by atoms with E-state index in [1.54, 1.807) is 31.1 Å². The molecule has 22 heavy (non-hydrogen) atoms. The van der Waals surface area contributed by atoms with E-state index in [0.717, 1.165) is 11.7 Å². The van der Waals surface area contributed by atoms with Crippen LogP contribution >= 0.6 is 11.7 Å². The van der Waals surface area contributed by atoms with Crippen LogP contribution < -0.4 is 9.62 Å². The summed E-state index contributed by atoms with van der Waals surface area (Å²) in [6.07, 6.45) is 2.83. The lowest BCUT2D eigenvalue weighted by Gasteiger charge is -2.11. The average molecular weight is 336 g/mol. The Balaban J connectivity index is 1.95. The summed E-state index contributed by atoms with van der Waals surface area (Å²) < 4.78 is 35.5. The SMILES string of the molecule is CN(C)c1ncc(NS(=O)(=O)c2cccc3nsnc23)cn1. The van der Waals surface area contributed by atoms with Gasteiger partial charge in [-0.2, -0.15) is 8.75 Å². The minimum atomic E-state index is -3.78. The van der Waals surface area contributed by atoms with Gasteiger partial charge in [0.2, 0.25) is 5.95 Å². The van der Waals surface area contributed by atoms with Gasteiger partial charge in [0, 0.05) is 14.1 Å². The zero-order valence-corrected chi connectivity index (χ0v) is 13.4. The van der Waals surface area contributed by atoms with E-state index in [9.17, 15) is 8.42 Å². The van der Waals surface area contributed by atoms with Crippen LogP contribution in [0.1, 0.15) is 0 Å². The van der Waals surface area contributed by atoms with Gasteiger partial charge in [-0.15, -0.1) is 0 Å². The molecule has 0 aliphatic heterocycles. The fraction of sp³-hybridized carbons (Fsp3) is 0.167. The van der Waals surface area contributed by atoms with E-state index in [1.165, 1.54) is 18.5 Å². The van der Waals surface area contributed by atoms with E-state index in [4.69, 9.17) is 0 Å². The Kier molecular flexibility index (Phi) is 3.62. The zero-order chi connectivity index (χ0) is 15.7. The predicted octanol–water partition coefficient (Wildman–Crippen LogP) is 1.35. The quantitative estimate of drug-likeness (QED) is 0.767. The van der Waals surface area contributed by atoms with Crippen LogP contribution in [0.2, 0.25) is 0 Å². The summed E-state index contributed by atoms with van der Waals surface area (Å²) >= 11 is 0.972. The number of nitrogens with one attached hydrogen (secondary N) is 1. The van der Waals surface area contributed by atoms with Gasteiger partial charge >= 0.3 is 0 Å². The molecule has 0 amide bonds. The van der Waals surface area contributed by atoms with Gasteiger partial charge in [-0.05, 0) is 12.1 Å². The summed E-state index contributed by atoms with van der Waals surface area (Å²) in [5.41, 5.74) is 1.18. The molecule has 2 aromatic heterocycles. The molecule has 2 heterocycles. The van der Waals surface area contributed by atoms with Crippen molar-refractivity contribution in [2.75, 3.05) is 23.7 Å². The molecule has 0 saturated heterocycles. The molecular formula is C12H12N6O2S2. The Morgan fingerprint density at radius 1 is 1.14 bits per heavy atom. The number of hydrogen-bond acceptors (Lipinski definition) is 8. The molecule has 0 aliphatic rings. The maximum absolute atomic E-state index is 12.5. The number of nitrogens with zero attached hydrogens (tertiary/aromatic N) is 5. The molecule has 0 radical (unpaired) electrons. The Morgan fingerprint density at radius 2 is 1.86 bits per heavy atom. The van der Waals surface area contributed by atoms with Crippen LogP contribution in [0.4, 0.5) is 11.6 Å². The number of aromatic nitrogens is 4. The second kappa shape index (κ2) is 5.46. The van der Waals surface area contributed by atoms with E-state index >= 15 is 0 Å². The molecule has 0 saturated carbocycles. The number of benzene rings is 1. The maximum Gasteiger partial charge on any atom is 0.264 e. The van der Waals surface area contributed by atoms with E-state index in [2.05, 4.69) is 23.4 Å². The van der Waals surface area contributed by atoms with Crippen molar-refractivity contribution in [2.24, 2.45) is 0 Å². The van der Waals surface area contributed by atoms with Gasteiger partial charge < -0.3 is 4.90 Å². The molecule has 3 rings (SSSR count). The van der Waals surface area contributed by atoms with Crippen molar-refractivity contribution < 1.29 is 8.42 Å². The van der Waals surface area contributed by atoms with Crippen molar-refractivity contribution in [3.05, 3.63) is 30.6 Å². The molecule has 10 heteroatoms. The van der Waals surface area contributed by atoms with Gasteiger partial charge in [-0.25, -0.2) is 18.4 Å². The van der Waals surface area contributed by atoms with Crippen LogP contribution in [0.5, 0.6) is 0 Å². The Bertz CT molecular complexity index is 905. The second-order valence-electron chi connectivity index (χ2n) is 4.66. The highest BCUT2D eigenvalue weighted by Gasteiger charge is 2.20.